The van der Waals surface area contributed by atoms with Crippen LogP contribution in [0.3, 0.4) is 0 Å². The Labute approximate surface area is 126 Å². The summed E-state index contributed by atoms with van der Waals surface area (Å²) < 4.78 is 5.25. The van der Waals surface area contributed by atoms with Gasteiger partial charge in [0.25, 0.3) is 0 Å². The van der Waals surface area contributed by atoms with E-state index in [-0.39, 0.29) is 6.04 Å². The first kappa shape index (κ1) is 13.7. The van der Waals surface area contributed by atoms with Crippen molar-refractivity contribution < 1.29 is 4.74 Å². The van der Waals surface area contributed by atoms with Crippen LogP contribution in [0.25, 0.3) is 0 Å². The molecule has 1 atom stereocenters. The Hall–Kier alpha value is -2.24. The molecule has 0 saturated carbocycles. The number of likely N-dealkylation sites (N-methyl/N-ethyl adjacent to an activating group) is 1. The fourth-order valence-corrected chi connectivity index (χ4v) is 2.73. The first-order chi connectivity index (χ1) is 10.3. The zero-order valence-corrected chi connectivity index (χ0v) is 12.5. The van der Waals surface area contributed by atoms with Gasteiger partial charge in [0.2, 0.25) is 0 Å². The van der Waals surface area contributed by atoms with Crippen LogP contribution in [0, 0.1) is 11.8 Å². The Morgan fingerprint density at radius 3 is 2.86 bits per heavy atom. The molecule has 1 aliphatic heterocycles. The second-order valence-electron chi connectivity index (χ2n) is 5.33. The maximum absolute atomic E-state index is 5.25. The Bertz CT molecular complexity index is 696. The Morgan fingerprint density at radius 2 is 2.00 bits per heavy atom. The zero-order chi connectivity index (χ0) is 14.7. The lowest BCUT2D eigenvalue weighted by Gasteiger charge is -2.31. The molecule has 1 aliphatic rings. The first-order valence-electron chi connectivity index (χ1n) is 7.21. The molecule has 2 aromatic carbocycles. The summed E-state index contributed by atoms with van der Waals surface area (Å²) in [7, 11) is 3.82. The molecule has 0 aromatic heterocycles. The highest BCUT2D eigenvalue weighted by Gasteiger charge is 2.22. The molecular formula is C19H19NO. The number of hydrogen-bond acceptors (Lipinski definition) is 2. The molecule has 2 aromatic rings. The quantitative estimate of drug-likeness (QED) is 0.742. The van der Waals surface area contributed by atoms with Crippen LogP contribution in [0.5, 0.6) is 5.75 Å². The molecule has 1 unspecified atom stereocenters. The van der Waals surface area contributed by atoms with E-state index in [9.17, 15) is 0 Å². The van der Waals surface area contributed by atoms with Crippen LogP contribution in [-0.4, -0.2) is 25.6 Å². The number of methoxy groups -OCH3 is 1. The summed E-state index contributed by atoms with van der Waals surface area (Å²) >= 11 is 0. The van der Waals surface area contributed by atoms with Crippen molar-refractivity contribution in [3.05, 3.63) is 65.2 Å². The number of rotatable bonds is 1. The van der Waals surface area contributed by atoms with Crippen molar-refractivity contribution in [2.45, 2.75) is 12.5 Å². The monoisotopic (exact) mass is 277 g/mol. The van der Waals surface area contributed by atoms with Gasteiger partial charge >= 0.3 is 0 Å². The summed E-state index contributed by atoms with van der Waals surface area (Å²) in [6.07, 6.45) is 1.10. The number of fused-ring (bicyclic) bond motifs is 1. The van der Waals surface area contributed by atoms with E-state index in [0.717, 1.165) is 24.3 Å². The highest BCUT2D eigenvalue weighted by atomic mass is 16.5. The van der Waals surface area contributed by atoms with Crippen LogP contribution in [-0.2, 0) is 6.42 Å². The molecule has 1 heterocycles. The Kier molecular flexibility index (Phi) is 3.94. The molecule has 0 amide bonds. The maximum Gasteiger partial charge on any atom is 0.120 e. The first-order valence-corrected chi connectivity index (χ1v) is 7.21. The van der Waals surface area contributed by atoms with Gasteiger partial charge in [-0.25, -0.2) is 0 Å². The summed E-state index contributed by atoms with van der Waals surface area (Å²) in [6.45, 7) is 1.05. The van der Waals surface area contributed by atoms with Crippen LogP contribution in [0.2, 0.25) is 0 Å². The van der Waals surface area contributed by atoms with Crippen molar-refractivity contribution in [2.24, 2.45) is 0 Å². The minimum absolute atomic E-state index is 0.168. The topological polar surface area (TPSA) is 12.5 Å². The van der Waals surface area contributed by atoms with E-state index in [0.29, 0.717) is 0 Å². The molecule has 3 rings (SSSR count). The van der Waals surface area contributed by atoms with E-state index in [4.69, 9.17) is 4.74 Å². The van der Waals surface area contributed by atoms with Crippen LogP contribution in [0.4, 0.5) is 0 Å². The van der Waals surface area contributed by atoms with Crippen molar-refractivity contribution in [1.29, 1.82) is 0 Å². The van der Waals surface area contributed by atoms with Gasteiger partial charge in [0, 0.05) is 12.1 Å². The molecule has 0 fully saturated rings. The predicted octanol–water partition coefficient (Wildman–Crippen LogP) is 3.28. The van der Waals surface area contributed by atoms with E-state index in [1.165, 1.54) is 11.1 Å². The minimum atomic E-state index is 0.168. The molecule has 0 spiro atoms. The molecular weight excluding hydrogens is 258 g/mol. The van der Waals surface area contributed by atoms with Crippen LogP contribution in [0.1, 0.15) is 22.7 Å². The van der Waals surface area contributed by atoms with Crippen molar-refractivity contribution in [3.63, 3.8) is 0 Å². The minimum Gasteiger partial charge on any atom is -0.497 e. The number of ether oxygens (including phenoxy) is 1. The van der Waals surface area contributed by atoms with E-state index in [2.05, 4.69) is 48.1 Å². The van der Waals surface area contributed by atoms with E-state index < -0.39 is 0 Å². The van der Waals surface area contributed by atoms with E-state index in [1.807, 2.05) is 24.3 Å². The molecule has 0 aliphatic carbocycles. The van der Waals surface area contributed by atoms with Crippen LogP contribution >= 0.6 is 0 Å². The molecule has 21 heavy (non-hydrogen) atoms. The summed E-state index contributed by atoms with van der Waals surface area (Å²) in [5, 5.41) is 0. The molecule has 2 nitrogen and oxygen atoms in total. The van der Waals surface area contributed by atoms with Gasteiger partial charge in [-0.15, -0.1) is 0 Å². The van der Waals surface area contributed by atoms with Crippen LogP contribution in [0.15, 0.2) is 48.5 Å². The lowest BCUT2D eigenvalue weighted by Crippen LogP contribution is -2.31. The zero-order valence-electron chi connectivity index (χ0n) is 12.5. The fourth-order valence-electron chi connectivity index (χ4n) is 2.73. The summed E-state index contributed by atoms with van der Waals surface area (Å²) in [5.74, 6) is 7.55. The lowest BCUT2D eigenvalue weighted by atomic mass is 9.93. The summed E-state index contributed by atoms with van der Waals surface area (Å²) in [4.78, 5) is 2.31. The van der Waals surface area contributed by atoms with Gasteiger partial charge in [-0.2, -0.15) is 0 Å². The molecule has 2 heteroatoms. The van der Waals surface area contributed by atoms with Gasteiger partial charge in [0.1, 0.15) is 5.75 Å². The third-order valence-corrected chi connectivity index (χ3v) is 3.95. The van der Waals surface area contributed by atoms with Crippen molar-refractivity contribution in [3.8, 4) is 17.6 Å². The van der Waals surface area contributed by atoms with Gasteiger partial charge in [0.05, 0.1) is 13.2 Å². The summed E-state index contributed by atoms with van der Waals surface area (Å²) in [6, 6.07) is 16.7. The number of benzene rings is 2. The molecule has 106 valence electrons. The van der Waals surface area contributed by atoms with Crippen molar-refractivity contribution in [2.75, 3.05) is 20.7 Å². The summed E-state index contributed by atoms with van der Waals surface area (Å²) in [5.41, 5.74) is 3.74. The maximum atomic E-state index is 5.25. The second kappa shape index (κ2) is 6.03. The van der Waals surface area contributed by atoms with E-state index >= 15 is 0 Å². The largest absolute Gasteiger partial charge is 0.497 e. The van der Waals surface area contributed by atoms with Gasteiger partial charge in [0.15, 0.2) is 0 Å². The van der Waals surface area contributed by atoms with E-state index in [1.54, 1.807) is 7.11 Å². The molecule has 0 saturated heterocycles. The SMILES string of the molecule is COc1cccc(C#CC2c3ccccc3CCN2C)c1. The Balaban J connectivity index is 1.92. The third-order valence-electron chi connectivity index (χ3n) is 3.95. The highest BCUT2D eigenvalue weighted by Crippen LogP contribution is 2.27. The van der Waals surface area contributed by atoms with Gasteiger partial charge in [-0.1, -0.05) is 42.2 Å². The molecule has 0 N–H and O–H groups in total. The smallest absolute Gasteiger partial charge is 0.120 e. The predicted molar refractivity (Wildman–Crippen MR) is 85.4 cm³/mol. The standard InChI is InChI=1S/C19H19NO/c1-20-13-12-16-7-3-4-9-18(16)19(20)11-10-15-6-5-8-17(14-15)21-2/h3-9,14,19H,12-13H2,1-2H3. The van der Waals surface area contributed by atoms with Crippen molar-refractivity contribution >= 4 is 0 Å². The lowest BCUT2D eigenvalue weighted by molar-refractivity contribution is 0.279. The molecule has 0 bridgehead atoms. The third kappa shape index (κ3) is 2.94. The Morgan fingerprint density at radius 1 is 1.14 bits per heavy atom. The normalized spacial score (nSPS) is 17.5. The second-order valence-corrected chi connectivity index (χ2v) is 5.33. The van der Waals surface area contributed by atoms with Crippen LogP contribution < -0.4 is 4.74 Å². The average molecular weight is 277 g/mol. The van der Waals surface area contributed by atoms with Gasteiger partial charge in [-0.05, 0) is 42.8 Å². The van der Waals surface area contributed by atoms with Gasteiger partial charge in [-0.3, -0.25) is 4.90 Å². The number of nitrogens with zero attached hydrogens (tertiary/aromatic N) is 1. The van der Waals surface area contributed by atoms with Gasteiger partial charge < -0.3 is 4.74 Å². The number of hydrogen-bond donors (Lipinski definition) is 0. The average Bonchev–Trinajstić information content (AvgIpc) is 2.54. The molecule has 0 radical (unpaired) electrons. The van der Waals surface area contributed by atoms with Crippen molar-refractivity contribution in [1.82, 2.24) is 4.90 Å². The highest BCUT2D eigenvalue weighted by molar-refractivity contribution is 5.43. The fraction of sp³-hybridized carbons (Fsp3) is 0.263.